The zero-order valence-corrected chi connectivity index (χ0v) is 15.4. The second-order valence-corrected chi connectivity index (χ2v) is 6.91. The predicted molar refractivity (Wildman–Crippen MR) is 101 cm³/mol. The largest absolute Gasteiger partial charge is 0.477 e. The number of aryl methyl sites for hydroxylation is 2. The molecule has 0 saturated carbocycles. The van der Waals surface area contributed by atoms with Crippen molar-refractivity contribution >= 4 is 23.3 Å². The van der Waals surface area contributed by atoms with E-state index in [2.05, 4.69) is 11.4 Å². The molecule has 1 aromatic heterocycles. The normalized spacial score (nSPS) is 15.7. The third kappa shape index (κ3) is 4.03. The maximum absolute atomic E-state index is 12.7. The molecule has 1 aliphatic heterocycles. The molecule has 27 heavy (non-hydrogen) atoms. The Hall–Kier alpha value is -2.67. The molecule has 2 aromatic rings. The van der Waals surface area contributed by atoms with Crippen LogP contribution in [0.25, 0.3) is 10.9 Å². The van der Waals surface area contributed by atoms with Crippen molar-refractivity contribution < 1.29 is 19.4 Å². The third-order valence-electron chi connectivity index (χ3n) is 5.03. The SMILES string of the molecule is CC1CCc2cc(CCCOCCNC=O)cc3c(=O)c(C(=O)O)cn1c23. The van der Waals surface area contributed by atoms with Crippen LogP contribution in [0, 0.1) is 0 Å². The molecule has 1 aromatic carbocycles. The van der Waals surface area contributed by atoms with Gasteiger partial charge >= 0.3 is 5.97 Å². The number of aromatic nitrogens is 1. The molecular weight excluding hydrogens is 348 g/mol. The summed E-state index contributed by atoms with van der Waals surface area (Å²) in [5, 5.41) is 12.4. The fourth-order valence-electron chi connectivity index (χ4n) is 3.65. The number of carbonyl (C=O) groups is 2. The van der Waals surface area contributed by atoms with Gasteiger partial charge in [0.1, 0.15) is 5.56 Å². The predicted octanol–water partition coefficient (Wildman–Crippen LogP) is 1.90. The van der Waals surface area contributed by atoms with E-state index < -0.39 is 11.4 Å². The maximum atomic E-state index is 12.7. The van der Waals surface area contributed by atoms with Gasteiger partial charge in [-0.15, -0.1) is 0 Å². The summed E-state index contributed by atoms with van der Waals surface area (Å²) in [4.78, 5) is 34.3. The molecule has 144 valence electrons. The van der Waals surface area contributed by atoms with E-state index in [-0.39, 0.29) is 11.6 Å². The number of ether oxygens (including phenoxy) is 1. The van der Waals surface area contributed by atoms with Gasteiger partial charge in [-0.25, -0.2) is 4.79 Å². The van der Waals surface area contributed by atoms with Gasteiger partial charge in [0.05, 0.1) is 12.1 Å². The summed E-state index contributed by atoms with van der Waals surface area (Å²) >= 11 is 0. The number of hydrogen-bond acceptors (Lipinski definition) is 4. The molecule has 2 heterocycles. The molecule has 0 spiro atoms. The minimum Gasteiger partial charge on any atom is -0.477 e. The lowest BCUT2D eigenvalue weighted by molar-refractivity contribution is -0.109. The van der Waals surface area contributed by atoms with E-state index in [4.69, 9.17) is 4.74 Å². The molecular formula is C20H24N2O5. The number of nitrogens with one attached hydrogen (secondary N) is 1. The highest BCUT2D eigenvalue weighted by Crippen LogP contribution is 2.31. The van der Waals surface area contributed by atoms with Crippen molar-refractivity contribution in [3.05, 3.63) is 45.2 Å². The molecule has 1 atom stereocenters. The Kier molecular flexibility index (Phi) is 5.91. The number of nitrogens with zero attached hydrogens (tertiary/aromatic N) is 1. The lowest BCUT2D eigenvalue weighted by atomic mass is 9.93. The summed E-state index contributed by atoms with van der Waals surface area (Å²) in [5.41, 5.74) is 2.40. The van der Waals surface area contributed by atoms with E-state index in [1.54, 1.807) is 0 Å². The smallest absolute Gasteiger partial charge is 0.341 e. The standard InChI is InChI=1S/C20H24N2O5/c1-13-4-5-15-9-14(3-2-7-27-8-6-21-12-23)10-16-18(15)22(13)11-17(19(16)24)20(25)26/h9-13H,2-8H2,1H3,(H,21,23)(H,25,26). The first-order chi connectivity index (χ1) is 13.0. The van der Waals surface area contributed by atoms with Crippen LogP contribution in [-0.4, -0.2) is 41.8 Å². The fraction of sp³-hybridized carbons (Fsp3) is 0.450. The van der Waals surface area contributed by atoms with E-state index in [0.717, 1.165) is 42.3 Å². The van der Waals surface area contributed by atoms with Gasteiger partial charge in [-0.3, -0.25) is 9.59 Å². The third-order valence-corrected chi connectivity index (χ3v) is 5.03. The Morgan fingerprint density at radius 3 is 2.96 bits per heavy atom. The average Bonchev–Trinajstić information content (AvgIpc) is 2.65. The molecule has 0 bridgehead atoms. The lowest BCUT2D eigenvalue weighted by Crippen LogP contribution is -2.24. The molecule has 0 aliphatic carbocycles. The number of hydrogen-bond donors (Lipinski definition) is 2. The van der Waals surface area contributed by atoms with Gasteiger partial charge < -0.3 is 19.7 Å². The highest BCUT2D eigenvalue weighted by molar-refractivity contribution is 5.94. The average molecular weight is 372 g/mol. The van der Waals surface area contributed by atoms with Gasteiger partial charge in [-0.05, 0) is 49.8 Å². The second kappa shape index (κ2) is 8.35. The molecule has 7 nitrogen and oxygen atoms in total. The number of benzene rings is 1. The minimum atomic E-state index is -1.19. The van der Waals surface area contributed by atoms with Crippen molar-refractivity contribution in [3.63, 3.8) is 0 Å². The molecule has 2 N–H and O–H groups in total. The lowest BCUT2D eigenvalue weighted by Gasteiger charge is -2.27. The van der Waals surface area contributed by atoms with Crippen molar-refractivity contribution in [2.75, 3.05) is 19.8 Å². The minimum absolute atomic E-state index is 0.165. The number of rotatable bonds is 9. The molecule has 0 saturated heterocycles. The van der Waals surface area contributed by atoms with E-state index in [9.17, 15) is 19.5 Å². The monoisotopic (exact) mass is 372 g/mol. The Balaban J connectivity index is 1.85. The van der Waals surface area contributed by atoms with Gasteiger partial charge in [-0.2, -0.15) is 0 Å². The summed E-state index contributed by atoms with van der Waals surface area (Å²) in [6, 6.07) is 4.12. The van der Waals surface area contributed by atoms with Crippen LogP contribution in [0.15, 0.2) is 23.1 Å². The van der Waals surface area contributed by atoms with Gasteiger partial charge in [0, 0.05) is 30.8 Å². The zero-order chi connectivity index (χ0) is 19.4. The first kappa shape index (κ1) is 19.1. The first-order valence-corrected chi connectivity index (χ1v) is 9.21. The molecule has 1 amide bonds. The van der Waals surface area contributed by atoms with Crippen molar-refractivity contribution in [3.8, 4) is 0 Å². The number of amides is 1. The molecule has 0 fully saturated rings. The van der Waals surface area contributed by atoms with E-state index in [0.29, 0.717) is 31.6 Å². The van der Waals surface area contributed by atoms with Gasteiger partial charge in [0.15, 0.2) is 0 Å². The Morgan fingerprint density at radius 2 is 2.22 bits per heavy atom. The van der Waals surface area contributed by atoms with Crippen LogP contribution in [0.1, 0.15) is 47.3 Å². The Bertz CT molecular complexity index is 919. The molecule has 0 radical (unpaired) electrons. The van der Waals surface area contributed by atoms with Crippen LogP contribution in [0.3, 0.4) is 0 Å². The Labute approximate surface area is 156 Å². The summed E-state index contributed by atoms with van der Waals surface area (Å²) in [6.45, 7) is 3.55. The number of aromatic carboxylic acids is 1. The van der Waals surface area contributed by atoms with Gasteiger partial charge in [0.25, 0.3) is 0 Å². The van der Waals surface area contributed by atoms with Crippen molar-refractivity contribution in [1.29, 1.82) is 0 Å². The highest BCUT2D eigenvalue weighted by atomic mass is 16.5. The highest BCUT2D eigenvalue weighted by Gasteiger charge is 2.23. The summed E-state index contributed by atoms with van der Waals surface area (Å²) in [7, 11) is 0. The summed E-state index contributed by atoms with van der Waals surface area (Å²) in [5.74, 6) is -1.19. The maximum Gasteiger partial charge on any atom is 0.341 e. The molecule has 1 unspecified atom stereocenters. The first-order valence-electron chi connectivity index (χ1n) is 9.21. The number of carboxylic acids is 1. The van der Waals surface area contributed by atoms with Crippen molar-refractivity contribution in [2.24, 2.45) is 0 Å². The fourth-order valence-corrected chi connectivity index (χ4v) is 3.65. The van der Waals surface area contributed by atoms with Crippen LogP contribution < -0.4 is 10.7 Å². The van der Waals surface area contributed by atoms with E-state index >= 15 is 0 Å². The van der Waals surface area contributed by atoms with Crippen LogP contribution in [-0.2, 0) is 22.4 Å². The van der Waals surface area contributed by atoms with Crippen LogP contribution in [0.5, 0.6) is 0 Å². The number of carboxylic acid groups (broad SMARTS) is 1. The van der Waals surface area contributed by atoms with Crippen molar-refractivity contribution in [1.82, 2.24) is 9.88 Å². The van der Waals surface area contributed by atoms with E-state index in [1.807, 2.05) is 17.6 Å². The summed E-state index contributed by atoms with van der Waals surface area (Å²) in [6.07, 6.45) is 5.46. The van der Waals surface area contributed by atoms with Crippen LogP contribution in [0.4, 0.5) is 0 Å². The topological polar surface area (TPSA) is 97.6 Å². The quantitative estimate of drug-likeness (QED) is 0.518. The Morgan fingerprint density at radius 1 is 1.41 bits per heavy atom. The van der Waals surface area contributed by atoms with Crippen LogP contribution >= 0.6 is 0 Å². The number of carbonyl (C=O) groups excluding carboxylic acids is 1. The second-order valence-electron chi connectivity index (χ2n) is 6.91. The molecule has 3 rings (SSSR count). The molecule has 7 heteroatoms. The molecule has 1 aliphatic rings. The summed E-state index contributed by atoms with van der Waals surface area (Å²) < 4.78 is 7.39. The van der Waals surface area contributed by atoms with Gasteiger partial charge in [0.2, 0.25) is 11.8 Å². The zero-order valence-electron chi connectivity index (χ0n) is 15.4. The van der Waals surface area contributed by atoms with Crippen molar-refractivity contribution in [2.45, 2.75) is 38.6 Å². The van der Waals surface area contributed by atoms with Gasteiger partial charge in [-0.1, -0.05) is 6.07 Å². The van der Waals surface area contributed by atoms with E-state index in [1.165, 1.54) is 6.20 Å². The number of pyridine rings is 1. The van der Waals surface area contributed by atoms with Crippen LogP contribution in [0.2, 0.25) is 0 Å².